The van der Waals surface area contributed by atoms with Gasteiger partial charge in [0.1, 0.15) is 11.3 Å². The minimum atomic E-state index is -0.373. The zero-order chi connectivity index (χ0) is 24.9. The predicted molar refractivity (Wildman–Crippen MR) is 137 cm³/mol. The van der Waals surface area contributed by atoms with Gasteiger partial charge in [0.2, 0.25) is 0 Å². The van der Waals surface area contributed by atoms with E-state index in [1.165, 1.54) is 12.3 Å². The van der Waals surface area contributed by atoms with Gasteiger partial charge in [0, 0.05) is 48.4 Å². The third-order valence-corrected chi connectivity index (χ3v) is 5.44. The van der Waals surface area contributed by atoms with E-state index in [2.05, 4.69) is 10.6 Å². The van der Waals surface area contributed by atoms with E-state index in [1.54, 1.807) is 55.5 Å². The van der Waals surface area contributed by atoms with Crippen molar-refractivity contribution in [3.05, 3.63) is 94.3 Å². The van der Waals surface area contributed by atoms with Crippen LogP contribution in [-0.4, -0.2) is 32.5 Å². The number of hydrogen-bond acceptors (Lipinski definition) is 6. The second kappa shape index (κ2) is 10.1. The van der Waals surface area contributed by atoms with Crippen LogP contribution < -0.4 is 25.7 Å². The van der Waals surface area contributed by atoms with Gasteiger partial charge < -0.3 is 24.7 Å². The van der Waals surface area contributed by atoms with Crippen LogP contribution in [0.15, 0.2) is 82.2 Å². The van der Waals surface area contributed by atoms with Gasteiger partial charge in [-0.1, -0.05) is 6.07 Å². The lowest BCUT2D eigenvalue weighted by molar-refractivity contribution is -0.118. The fourth-order valence-electron chi connectivity index (χ4n) is 3.56. The number of aryl methyl sites for hydroxylation is 1. The van der Waals surface area contributed by atoms with Crippen LogP contribution >= 0.6 is 0 Å². The lowest BCUT2D eigenvalue weighted by Gasteiger charge is -2.13. The Morgan fingerprint density at radius 1 is 0.943 bits per heavy atom. The first-order valence-electron chi connectivity index (χ1n) is 10.9. The lowest BCUT2D eigenvalue weighted by atomic mass is 10.1. The molecule has 4 rings (SSSR count). The maximum Gasteiger partial charge on any atom is 0.262 e. The quantitative estimate of drug-likeness (QED) is 0.413. The highest BCUT2D eigenvalue weighted by Crippen LogP contribution is 2.25. The number of rotatable bonds is 7. The molecule has 1 heterocycles. The Labute approximate surface area is 202 Å². The molecule has 2 N–H and O–H groups in total. The first kappa shape index (κ1) is 23.6. The van der Waals surface area contributed by atoms with Gasteiger partial charge in [-0.15, -0.1) is 0 Å². The van der Waals surface area contributed by atoms with Crippen LogP contribution in [0.25, 0.3) is 11.0 Å². The monoisotopic (exact) mass is 471 g/mol. The Bertz CT molecular complexity index is 1440. The molecule has 0 saturated heterocycles. The molecule has 0 radical (unpaired) electrons. The summed E-state index contributed by atoms with van der Waals surface area (Å²) in [5.74, 6) is -0.175. The molecule has 3 aromatic carbocycles. The molecular weight excluding hydrogens is 446 g/mol. The summed E-state index contributed by atoms with van der Waals surface area (Å²) < 4.78 is 11.1. The van der Waals surface area contributed by atoms with Crippen molar-refractivity contribution < 1.29 is 18.7 Å². The summed E-state index contributed by atoms with van der Waals surface area (Å²) >= 11 is 0. The van der Waals surface area contributed by atoms with Gasteiger partial charge in [-0.3, -0.25) is 14.4 Å². The van der Waals surface area contributed by atoms with Crippen molar-refractivity contribution >= 4 is 39.8 Å². The zero-order valence-electron chi connectivity index (χ0n) is 19.6. The number of carbonyl (C=O) groups is 2. The van der Waals surface area contributed by atoms with Crippen molar-refractivity contribution in [2.75, 3.05) is 36.2 Å². The third kappa shape index (κ3) is 5.50. The fourth-order valence-corrected chi connectivity index (χ4v) is 3.56. The molecule has 1 aromatic heterocycles. The first-order chi connectivity index (χ1) is 16.8. The van der Waals surface area contributed by atoms with Gasteiger partial charge in [-0.2, -0.15) is 0 Å². The van der Waals surface area contributed by atoms with Crippen molar-refractivity contribution in [2.24, 2.45) is 0 Å². The molecular formula is C27H25N3O5. The number of anilines is 3. The van der Waals surface area contributed by atoms with E-state index in [4.69, 9.17) is 9.15 Å². The Kier molecular flexibility index (Phi) is 6.82. The summed E-state index contributed by atoms with van der Waals surface area (Å²) in [5.41, 5.74) is 3.51. The highest BCUT2D eigenvalue weighted by atomic mass is 16.5. The molecule has 0 aliphatic rings. The van der Waals surface area contributed by atoms with Crippen LogP contribution in [0.1, 0.15) is 15.9 Å². The average molecular weight is 472 g/mol. The second-order valence-electron chi connectivity index (χ2n) is 8.16. The van der Waals surface area contributed by atoms with E-state index in [9.17, 15) is 14.4 Å². The summed E-state index contributed by atoms with van der Waals surface area (Å²) in [6, 6.07) is 18.7. The van der Waals surface area contributed by atoms with E-state index >= 15 is 0 Å². The maximum absolute atomic E-state index is 12.6. The molecule has 0 bridgehead atoms. The van der Waals surface area contributed by atoms with Crippen LogP contribution in [0.3, 0.4) is 0 Å². The number of benzene rings is 3. The molecule has 0 aliphatic heterocycles. The molecule has 178 valence electrons. The highest BCUT2D eigenvalue weighted by molar-refractivity contribution is 6.05. The van der Waals surface area contributed by atoms with Gasteiger partial charge in [0.25, 0.3) is 11.8 Å². The standard InChI is InChI=1S/C27H25N3O5/c1-17-24(12-11-22-23(31)13-14-34-26(17)22)35-16-25(32)28-19-5-4-6-20(15-19)29-27(33)18-7-9-21(10-8-18)30(2)3/h4-15H,16H2,1-3H3,(H,28,32)(H,29,33). The molecule has 35 heavy (non-hydrogen) atoms. The lowest BCUT2D eigenvalue weighted by Crippen LogP contribution is -2.20. The van der Waals surface area contributed by atoms with E-state index in [1.807, 2.05) is 31.1 Å². The van der Waals surface area contributed by atoms with Gasteiger partial charge in [-0.25, -0.2) is 0 Å². The molecule has 0 fully saturated rings. The summed E-state index contributed by atoms with van der Waals surface area (Å²) in [5, 5.41) is 6.05. The van der Waals surface area contributed by atoms with Crippen LogP contribution in [0, 0.1) is 6.92 Å². The molecule has 0 aliphatic carbocycles. The van der Waals surface area contributed by atoms with Crippen LogP contribution in [-0.2, 0) is 4.79 Å². The number of ether oxygens (including phenoxy) is 1. The first-order valence-corrected chi connectivity index (χ1v) is 10.9. The predicted octanol–water partition coefficient (Wildman–Crippen LogP) is 4.44. The van der Waals surface area contributed by atoms with Crippen LogP contribution in [0.5, 0.6) is 5.75 Å². The number of amides is 2. The zero-order valence-corrected chi connectivity index (χ0v) is 19.6. The van der Waals surface area contributed by atoms with Crippen molar-refractivity contribution in [2.45, 2.75) is 6.92 Å². The number of nitrogens with zero attached hydrogens (tertiary/aromatic N) is 1. The molecule has 2 amide bonds. The summed E-state index contributed by atoms with van der Waals surface area (Å²) in [7, 11) is 3.87. The third-order valence-electron chi connectivity index (χ3n) is 5.44. The van der Waals surface area contributed by atoms with E-state index in [0.717, 1.165) is 5.69 Å². The van der Waals surface area contributed by atoms with Gasteiger partial charge >= 0.3 is 0 Å². The molecule has 0 unspecified atom stereocenters. The van der Waals surface area contributed by atoms with Crippen molar-refractivity contribution in [3.63, 3.8) is 0 Å². The van der Waals surface area contributed by atoms with Gasteiger partial charge in [0.15, 0.2) is 12.0 Å². The van der Waals surface area contributed by atoms with E-state index in [-0.39, 0.29) is 23.9 Å². The second-order valence-corrected chi connectivity index (χ2v) is 8.16. The van der Waals surface area contributed by atoms with Crippen LogP contribution in [0.2, 0.25) is 0 Å². The number of nitrogens with one attached hydrogen (secondary N) is 2. The SMILES string of the molecule is Cc1c(OCC(=O)Nc2cccc(NC(=O)c3ccc(N(C)C)cc3)c2)ccc2c(=O)ccoc12. The summed E-state index contributed by atoms with van der Waals surface area (Å²) in [6.45, 7) is 1.52. The Morgan fingerprint density at radius 3 is 2.37 bits per heavy atom. The number of fused-ring (bicyclic) bond motifs is 1. The van der Waals surface area contributed by atoms with Crippen LogP contribution in [0.4, 0.5) is 17.1 Å². The Hall–Kier alpha value is -4.59. The average Bonchev–Trinajstić information content (AvgIpc) is 2.84. The number of carbonyl (C=O) groups excluding carboxylic acids is 2. The molecule has 4 aromatic rings. The van der Waals surface area contributed by atoms with Gasteiger partial charge in [-0.05, 0) is 61.5 Å². The molecule has 8 nitrogen and oxygen atoms in total. The normalized spacial score (nSPS) is 10.6. The maximum atomic E-state index is 12.6. The minimum Gasteiger partial charge on any atom is -0.483 e. The Balaban J connectivity index is 1.37. The van der Waals surface area contributed by atoms with Gasteiger partial charge in [0.05, 0.1) is 11.6 Å². The smallest absolute Gasteiger partial charge is 0.262 e. The fraction of sp³-hybridized carbons (Fsp3) is 0.148. The number of hydrogen-bond donors (Lipinski definition) is 2. The molecule has 0 atom stereocenters. The van der Waals surface area contributed by atoms with Crippen molar-refractivity contribution in [3.8, 4) is 5.75 Å². The highest BCUT2D eigenvalue weighted by Gasteiger charge is 2.12. The largest absolute Gasteiger partial charge is 0.483 e. The minimum absolute atomic E-state index is 0.142. The van der Waals surface area contributed by atoms with E-state index < -0.39 is 0 Å². The van der Waals surface area contributed by atoms with E-state index in [0.29, 0.717) is 39.2 Å². The molecule has 8 heteroatoms. The Morgan fingerprint density at radius 2 is 1.66 bits per heavy atom. The summed E-state index contributed by atoms with van der Waals surface area (Å²) in [4.78, 5) is 38.9. The topological polar surface area (TPSA) is 101 Å². The van der Waals surface area contributed by atoms with Crippen molar-refractivity contribution in [1.82, 2.24) is 0 Å². The molecule has 0 spiro atoms. The summed E-state index contributed by atoms with van der Waals surface area (Å²) in [6.07, 6.45) is 1.33. The van der Waals surface area contributed by atoms with Crippen molar-refractivity contribution in [1.29, 1.82) is 0 Å². The molecule has 0 saturated carbocycles.